The fourth-order valence-corrected chi connectivity index (χ4v) is 18.6. The summed E-state index contributed by atoms with van der Waals surface area (Å²) in [7, 11) is 0. The molecule has 8 amide bonds. The smallest absolute Gasteiger partial charge is 0.266 e. The van der Waals surface area contributed by atoms with Gasteiger partial charge in [0.15, 0.2) is 0 Å². The molecule has 0 atom stereocenters. The van der Waals surface area contributed by atoms with Crippen molar-refractivity contribution in [1.29, 1.82) is 0 Å². The quantitative estimate of drug-likeness (QED) is 0.0508. The lowest BCUT2D eigenvalue weighted by Crippen LogP contribution is -2.42. The first kappa shape index (κ1) is 72.8. The van der Waals surface area contributed by atoms with Gasteiger partial charge in [-0.3, -0.25) is 38.4 Å². The van der Waals surface area contributed by atoms with Crippen molar-refractivity contribution < 1.29 is 55.9 Å². The van der Waals surface area contributed by atoms with Gasteiger partial charge in [0.2, 0.25) is 0 Å². The Balaban J connectivity index is 0.000000163. The molecule has 560 valence electrons. The van der Waals surface area contributed by atoms with E-state index in [2.05, 4.69) is 0 Å². The first-order valence-electron chi connectivity index (χ1n) is 38.5. The van der Waals surface area contributed by atoms with E-state index in [4.69, 9.17) is 0 Å². The molecule has 0 bridgehead atoms. The van der Waals surface area contributed by atoms with Gasteiger partial charge in [0.25, 0.3) is 47.3 Å². The fourth-order valence-electron chi connectivity index (χ4n) is 18.6. The van der Waals surface area contributed by atoms with Crippen LogP contribution in [0.15, 0.2) is 146 Å². The number of halogens is 4. The normalized spacial score (nSPS) is 14.6. The van der Waals surface area contributed by atoms with Crippen LogP contribution in [0.4, 0.5) is 40.3 Å². The highest BCUT2D eigenvalue weighted by Gasteiger charge is 2.46. The van der Waals surface area contributed by atoms with Crippen LogP contribution >= 0.6 is 0 Å². The summed E-state index contributed by atoms with van der Waals surface area (Å²) < 4.78 is 67.8. The SMILES string of the molecule is CC(C)c1cccc(C(C)C)c1N1C(=O)c2ccc3c4c(F)cc5c6c(cc(F)c(c7ccc(c2c37)C1=O)c64)C(=O)N(c1c(C(C)C)cccc1C(C)C)C5=O.CC(C)c1cccc(C(C)C)c1N1C(=O)c2ccc3c4c(F)cc5c6c(ccc(c7c(F)cc(c2c37)C1=O)c64)C(=O)N(c1c(C(C)C)cccc1C(C)C)C5=O. The number of para-hydroxylation sites is 4. The summed E-state index contributed by atoms with van der Waals surface area (Å²) in [5, 5.41) is 3.47. The molecule has 0 aromatic heterocycles. The van der Waals surface area contributed by atoms with Gasteiger partial charge in [0, 0.05) is 81.5 Å². The van der Waals surface area contributed by atoms with Crippen LogP contribution in [0.5, 0.6) is 0 Å². The Morgan fingerprint density at radius 2 is 0.366 bits per heavy atom. The van der Waals surface area contributed by atoms with Crippen molar-refractivity contribution >= 4 is 156 Å². The summed E-state index contributed by atoms with van der Waals surface area (Å²) in [5.74, 6) is -7.99. The van der Waals surface area contributed by atoms with Gasteiger partial charge in [-0.15, -0.1) is 0 Å². The van der Waals surface area contributed by atoms with Crippen LogP contribution in [-0.4, -0.2) is 47.3 Å². The zero-order valence-corrected chi connectivity index (χ0v) is 65.0. The number of fused-ring (bicyclic) bond motifs is 4. The van der Waals surface area contributed by atoms with Crippen LogP contribution in [0.1, 0.15) is 285 Å². The minimum atomic E-state index is -0.775. The Morgan fingerprint density at radius 3 is 0.571 bits per heavy atom. The third-order valence-electron chi connectivity index (χ3n) is 23.7. The highest BCUT2D eigenvalue weighted by Crippen LogP contribution is 2.54. The third-order valence-corrected chi connectivity index (χ3v) is 23.7. The maximum atomic E-state index is 17.0. The van der Waals surface area contributed by atoms with Crippen LogP contribution in [0.25, 0.3) is 86.2 Å². The maximum Gasteiger partial charge on any atom is 0.266 e. The molecular formula is C96H80F4N4O8. The molecule has 0 unspecified atom stereocenters. The van der Waals surface area contributed by atoms with Crippen LogP contribution in [0.2, 0.25) is 0 Å². The predicted molar refractivity (Wildman–Crippen MR) is 438 cm³/mol. The second-order valence-corrected chi connectivity index (χ2v) is 32.9. The van der Waals surface area contributed by atoms with Gasteiger partial charge in [-0.05, 0) is 167 Å². The van der Waals surface area contributed by atoms with Crippen LogP contribution in [-0.2, 0) is 0 Å². The number of nitrogens with zero attached hydrogens (tertiary/aromatic N) is 4. The van der Waals surface area contributed by atoms with Crippen molar-refractivity contribution in [3.05, 3.63) is 258 Å². The summed E-state index contributed by atoms with van der Waals surface area (Å²) in [4.78, 5) is 122. The van der Waals surface area contributed by atoms with E-state index >= 15 is 17.6 Å². The molecule has 112 heavy (non-hydrogen) atoms. The van der Waals surface area contributed by atoms with Crippen molar-refractivity contribution in [2.24, 2.45) is 0 Å². The Hall–Kier alpha value is -12.0. The van der Waals surface area contributed by atoms with Gasteiger partial charge in [-0.2, -0.15) is 0 Å². The van der Waals surface area contributed by atoms with Gasteiger partial charge in [0.1, 0.15) is 23.3 Å². The standard InChI is InChI=1S/2C48H40F2N2O4/c1-21(2)25-11-9-12-26(22(3)4)43(25)51-45(53)31-17-15-29-40-36(50)20-34-38-32(18-16-30(42(38)40)39-35(49)19-33(47(51)55)37(31)41(29)39)46(54)52(48(34)56)44-27(23(5)6)13-10-14-28(44)24(7)8;1-21(2)25-11-9-12-26(22(3)4)43(25)51-45(53)31-17-15-29-37-30(16-18-32(38(31)37)46(51)54)41-36(50)20-34-39-33(19-35(49)40(29)42(39)41)47(55)52(48(34)56)44-27(23(5)6)13-10-14-28(44)24(7)8/h2*9-24H,1-8H3. The van der Waals surface area contributed by atoms with Crippen molar-refractivity contribution in [3.8, 4) is 0 Å². The van der Waals surface area contributed by atoms with E-state index in [0.717, 1.165) is 61.5 Å². The first-order chi connectivity index (χ1) is 53.3. The first-order valence-corrected chi connectivity index (χ1v) is 38.5. The Morgan fingerprint density at radius 1 is 0.196 bits per heavy atom. The van der Waals surface area contributed by atoms with E-state index in [0.29, 0.717) is 44.3 Å². The minimum Gasteiger partial charge on any atom is -0.268 e. The molecular weight excluding hydrogens is 1410 g/mol. The second-order valence-electron chi connectivity index (χ2n) is 32.9. The summed E-state index contributed by atoms with van der Waals surface area (Å²) in [6.45, 7) is 31.9. The number of imide groups is 4. The van der Waals surface area contributed by atoms with E-state index < -0.39 is 70.5 Å². The summed E-state index contributed by atoms with van der Waals surface area (Å²) in [6, 6.07) is 40.3. The van der Waals surface area contributed by atoms with E-state index in [1.807, 2.05) is 184 Å². The topological polar surface area (TPSA) is 150 Å². The van der Waals surface area contributed by atoms with Gasteiger partial charge < -0.3 is 0 Å². The molecule has 0 saturated heterocycles. The van der Waals surface area contributed by atoms with Crippen molar-refractivity contribution in [1.82, 2.24) is 0 Å². The monoisotopic (exact) mass is 1490 g/mol. The average Bonchev–Trinajstić information content (AvgIpc) is 0.683. The summed E-state index contributed by atoms with van der Waals surface area (Å²) in [6.07, 6.45) is 0. The number of carbonyl (C=O) groups excluding carboxylic acids is 8. The van der Waals surface area contributed by atoms with Crippen LogP contribution < -0.4 is 19.6 Å². The number of rotatable bonds is 12. The van der Waals surface area contributed by atoms with Gasteiger partial charge >= 0.3 is 0 Å². The number of amides is 8. The maximum absolute atomic E-state index is 17.0. The molecule has 0 radical (unpaired) electrons. The molecule has 12 nitrogen and oxygen atoms in total. The highest BCUT2D eigenvalue weighted by molar-refractivity contribution is 6.48. The lowest BCUT2D eigenvalue weighted by atomic mass is 9.81. The molecule has 4 aliphatic rings. The number of benzene rings is 14. The molecule has 16 heteroatoms. The van der Waals surface area contributed by atoms with Crippen molar-refractivity contribution in [3.63, 3.8) is 0 Å². The van der Waals surface area contributed by atoms with Gasteiger partial charge in [-0.1, -0.05) is 208 Å². The third kappa shape index (κ3) is 9.97. The van der Waals surface area contributed by atoms with E-state index in [1.165, 1.54) is 26.8 Å². The lowest BCUT2D eigenvalue weighted by molar-refractivity contribution is 0.0876. The number of hydrogen-bond acceptors (Lipinski definition) is 8. The molecule has 14 aromatic carbocycles. The number of anilines is 4. The Bertz CT molecular complexity index is 6250. The summed E-state index contributed by atoms with van der Waals surface area (Å²) in [5.41, 5.74) is 9.39. The number of carbonyl (C=O) groups is 8. The zero-order chi connectivity index (χ0) is 79.6. The van der Waals surface area contributed by atoms with Crippen LogP contribution in [0, 0.1) is 23.3 Å². The molecule has 0 fully saturated rings. The van der Waals surface area contributed by atoms with Gasteiger partial charge in [0.05, 0.1) is 45.0 Å². The molecule has 4 aliphatic heterocycles. The lowest BCUT2D eigenvalue weighted by Gasteiger charge is -2.34. The minimum absolute atomic E-state index is 0.00574. The molecule has 14 aromatic rings. The molecule has 0 N–H and O–H groups in total. The Labute approximate surface area is 644 Å². The molecule has 0 spiro atoms. The van der Waals surface area contributed by atoms with E-state index in [9.17, 15) is 38.4 Å². The summed E-state index contributed by atoms with van der Waals surface area (Å²) >= 11 is 0. The van der Waals surface area contributed by atoms with E-state index in [-0.39, 0.29) is 156 Å². The molecule has 4 heterocycles. The van der Waals surface area contributed by atoms with Crippen molar-refractivity contribution in [2.45, 2.75) is 158 Å². The van der Waals surface area contributed by atoms with Crippen molar-refractivity contribution in [2.75, 3.05) is 19.6 Å². The van der Waals surface area contributed by atoms with Gasteiger partial charge in [-0.25, -0.2) is 37.2 Å². The molecule has 0 aliphatic carbocycles. The average molecular weight is 1490 g/mol. The molecule has 0 saturated carbocycles. The highest BCUT2D eigenvalue weighted by atomic mass is 19.1. The predicted octanol–water partition coefficient (Wildman–Crippen LogP) is 24.2. The second kappa shape index (κ2) is 25.8. The Kier molecular flexibility index (Phi) is 16.8. The molecule has 18 rings (SSSR count). The number of hydrogen-bond donors (Lipinski definition) is 0. The fraction of sp³-hybridized carbons (Fsp3) is 0.250. The van der Waals surface area contributed by atoms with E-state index in [1.54, 1.807) is 48.5 Å². The largest absolute Gasteiger partial charge is 0.268 e. The zero-order valence-electron chi connectivity index (χ0n) is 65.0. The van der Waals surface area contributed by atoms with Crippen LogP contribution in [0.3, 0.4) is 0 Å².